The van der Waals surface area contributed by atoms with E-state index in [0.29, 0.717) is 17.5 Å². The Balaban J connectivity index is 1.63. The maximum absolute atomic E-state index is 5.80. The summed E-state index contributed by atoms with van der Waals surface area (Å²) >= 11 is 0. The topological polar surface area (TPSA) is 64.9 Å². The quantitative estimate of drug-likeness (QED) is 0.559. The zero-order valence-corrected chi connectivity index (χ0v) is 12.9. The van der Waals surface area contributed by atoms with E-state index in [-0.39, 0.29) is 0 Å². The molecule has 4 nitrogen and oxygen atoms in total. The van der Waals surface area contributed by atoms with Crippen molar-refractivity contribution in [2.45, 2.75) is 0 Å². The molecule has 4 heteroatoms. The SMILES string of the molecule is Nc1cccc(-c2nnc(-c3ccc(-c4ccccc4)cc3)o2)c1. The zero-order valence-electron chi connectivity index (χ0n) is 12.9. The molecule has 0 bridgehead atoms. The molecule has 4 rings (SSSR count). The maximum atomic E-state index is 5.80. The molecule has 116 valence electrons. The normalized spacial score (nSPS) is 10.7. The highest BCUT2D eigenvalue weighted by molar-refractivity contribution is 5.67. The van der Waals surface area contributed by atoms with E-state index in [1.165, 1.54) is 5.56 Å². The summed E-state index contributed by atoms with van der Waals surface area (Å²) in [5, 5.41) is 8.25. The molecule has 1 aromatic heterocycles. The van der Waals surface area contributed by atoms with Gasteiger partial charge in [-0.05, 0) is 41.5 Å². The minimum absolute atomic E-state index is 0.462. The number of hydrogen-bond donors (Lipinski definition) is 1. The molecule has 3 aromatic carbocycles. The summed E-state index contributed by atoms with van der Waals surface area (Å²) in [5.74, 6) is 0.955. The first-order chi connectivity index (χ1) is 11.8. The van der Waals surface area contributed by atoms with Gasteiger partial charge < -0.3 is 10.2 Å². The van der Waals surface area contributed by atoms with Crippen LogP contribution in [0.25, 0.3) is 34.0 Å². The van der Waals surface area contributed by atoms with Gasteiger partial charge in [-0.25, -0.2) is 0 Å². The molecule has 0 radical (unpaired) electrons. The summed E-state index contributed by atoms with van der Waals surface area (Å²) in [6.07, 6.45) is 0. The number of benzene rings is 3. The van der Waals surface area contributed by atoms with Crippen LogP contribution in [0.5, 0.6) is 0 Å². The first kappa shape index (κ1) is 14.2. The lowest BCUT2D eigenvalue weighted by molar-refractivity contribution is 0.584. The smallest absolute Gasteiger partial charge is 0.248 e. The molecule has 0 atom stereocenters. The second-order valence-corrected chi connectivity index (χ2v) is 5.48. The van der Waals surface area contributed by atoms with E-state index in [2.05, 4.69) is 34.5 Å². The van der Waals surface area contributed by atoms with Gasteiger partial charge in [-0.15, -0.1) is 10.2 Å². The van der Waals surface area contributed by atoms with Crippen LogP contribution in [0.15, 0.2) is 83.3 Å². The number of hydrogen-bond acceptors (Lipinski definition) is 4. The largest absolute Gasteiger partial charge is 0.416 e. The van der Waals surface area contributed by atoms with Crippen molar-refractivity contribution in [2.24, 2.45) is 0 Å². The second kappa shape index (κ2) is 6.01. The van der Waals surface area contributed by atoms with Crippen molar-refractivity contribution in [3.63, 3.8) is 0 Å². The van der Waals surface area contributed by atoms with E-state index in [4.69, 9.17) is 10.2 Å². The van der Waals surface area contributed by atoms with E-state index in [9.17, 15) is 0 Å². The molecule has 0 unspecified atom stereocenters. The van der Waals surface area contributed by atoms with Gasteiger partial charge in [-0.1, -0.05) is 48.5 Å². The van der Waals surface area contributed by atoms with Gasteiger partial charge in [-0.2, -0.15) is 0 Å². The fraction of sp³-hybridized carbons (Fsp3) is 0. The molecule has 0 aliphatic rings. The van der Waals surface area contributed by atoms with Crippen molar-refractivity contribution in [3.05, 3.63) is 78.9 Å². The lowest BCUT2D eigenvalue weighted by Crippen LogP contribution is -1.84. The Hall–Kier alpha value is -3.40. The Morgan fingerprint density at radius 1 is 0.583 bits per heavy atom. The fourth-order valence-corrected chi connectivity index (χ4v) is 2.56. The number of nitrogens with zero attached hydrogens (tertiary/aromatic N) is 2. The summed E-state index contributed by atoms with van der Waals surface area (Å²) in [4.78, 5) is 0. The summed E-state index contributed by atoms with van der Waals surface area (Å²) in [7, 11) is 0. The number of aromatic nitrogens is 2. The maximum Gasteiger partial charge on any atom is 0.248 e. The van der Waals surface area contributed by atoms with Crippen LogP contribution in [0.1, 0.15) is 0 Å². The number of rotatable bonds is 3. The highest BCUT2D eigenvalue weighted by atomic mass is 16.4. The van der Waals surface area contributed by atoms with Crippen molar-refractivity contribution in [2.75, 3.05) is 5.73 Å². The van der Waals surface area contributed by atoms with Crippen LogP contribution in [0.4, 0.5) is 5.69 Å². The van der Waals surface area contributed by atoms with E-state index in [1.54, 1.807) is 0 Å². The summed E-state index contributed by atoms with van der Waals surface area (Å²) < 4.78 is 5.78. The third-order valence-corrected chi connectivity index (χ3v) is 3.80. The van der Waals surface area contributed by atoms with Gasteiger partial charge in [-0.3, -0.25) is 0 Å². The third-order valence-electron chi connectivity index (χ3n) is 3.80. The van der Waals surface area contributed by atoms with Crippen molar-refractivity contribution in [3.8, 4) is 34.0 Å². The Labute approximate surface area is 139 Å². The molecule has 2 N–H and O–H groups in total. The van der Waals surface area contributed by atoms with E-state index in [1.807, 2.05) is 54.6 Å². The minimum Gasteiger partial charge on any atom is -0.416 e. The van der Waals surface area contributed by atoms with Crippen molar-refractivity contribution in [1.29, 1.82) is 0 Å². The van der Waals surface area contributed by atoms with Crippen molar-refractivity contribution < 1.29 is 4.42 Å². The second-order valence-electron chi connectivity index (χ2n) is 5.48. The number of nitrogen functional groups attached to an aromatic ring is 1. The predicted octanol–water partition coefficient (Wildman–Crippen LogP) is 4.65. The van der Waals surface area contributed by atoms with Crippen LogP contribution in [-0.4, -0.2) is 10.2 Å². The third kappa shape index (κ3) is 2.77. The van der Waals surface area contributed by atoms with Crippen LogP contribution in [0.2, 0.25) is 0 Å². The highest BCUT2D eigenvalue weighted by Gasteiger charge is 2.10. The van der Waals surface area contributed by atoms with Crippen LogP contribution >= 0.6 is 0 Å². The van der Waals surface area contributed by atoms with E-state index < -0.39 is 0 Å². The Bertz CT molecular complexity index is 960. The van der Waals surface area contributed by atoms with Crippen molar-refractivity contribution in [1.82, 2.24) is 10.2 Å². The van der Waals surface area contributed by atoms with Gasteiger partial charge in [0.25, 0.3) is 0 Å². The van der Waals surface area contributed by atoms with Gasteiger partial charge >= 0.3 is 0 Å². The van der Waals surface area contributed by atoms with Crippen molar-refractivity contribution >= 4 is 5.69 Å². The first-order valence-corrected chi connectivity index (χ1v) is 7.65. The molecule has 1 heterocycles. The number of nitrogens with two attached hydrogens (primary N) is 1. The minimum atomic E-state index is 0.462. The summed E-state index contributed by atoms with van der Waals surface area (Å²) in [6, 6.07) is 25.7. The Morgan fingerprint density at radius 2 is 1.17 bits per heavy atom. The zero-order chi connectivity index (χ0) is 16.4. The Kier molecular flexibility index (Phi) is 3.56. The molecular weight excluding hydrogens is 298 g/mol. The first-order valence-electron chi connectivity index (χ1n) is 7.65. The molecule has 24 heavy (non-hydrogen) atoms. The average Bonchev–Trinajstić information content (AvgIpc) is 3.13. The van der Waals surface area contributed by atoms with Gasteiger partial charge in [0, 0.05) is 16.8 Å². The van der Waals surface area contributed by atoms with Crippen LogP contribution in [0.3, 0.4) is 0 Å². The summed E-state index contributed by atoms with van der Waals surface area (Å²) in [5.41, 5.74) is 10.5. The van der Waals surface area contributed by atoms with Crippen LogP contribution in [-0.2, 0) is 0 Å². The van der Waals surface area contributed by atoms with E-state index in [0.717, 1.165) is 16.7 Å². The number of anilines is 1. The van der Waals surface area contributed by atoms with Gasteiger partial charge in [0.05, 0.1) is 0 Å². The Morgan fingerprint density at radius 3 is 1.88 bits per heavy atom. The molecular formula is C20H15N3O. The monoisotopic (exact) mass is 313 g/mol. The molecule has 0 spiro atoms. The molecule has 0 aliphatic heterocycles. The lowest BCUT2D eigenvalue weighted by atomic mass is 10.0. The van der Waals surface area contributed by atoms with E-state index >= 15 is 0 Å². The molecule has 0 saturated heterocycles. The fourth-order valence-electron chi connectivity index (χ4n) is 2.56. The molecule has 0 aliphatic carbocycles. The predicted molar refractivity (Wildman–Crippen MR) is 95.0 cm³/mol. The molecule has 0 fully saturated rings. The van der Waals surface area contributed by atoms with Gasteiger partial charge in [0.15, 0.2) is 0 Å². The van der Waals surface area contributed by atoms with Crippen LogP contribution in [0, 0.1) is 0 Å². The lowest BCUT2D eigenvalue weighted by Gasteiger charge is -2.02. The molecule has 0 saturated carbocycles. The molecule has 4 aromatic rings. The highest BCUT2D eigenvalue weighted by Crippen LogP contribution is 2.27. The summed E-state index contributed by atoms with van der Waals surface area (Å²) in [6.45, 7) is 0. The van der Waals surface area contributed by atoms with Crippen LogP contribution < -0.4 is 5.73 Å². The standard InChI is InChI=1S/C20H15N3O/c21-18-8-4-7-17(13-18)20-23-22-19(24-20)16-11-9-15(10-12-16)14-5-2-1-3-6-14/h1-13H,21H2. The average molecular weight is 313 g/mol. The van der Waals surface area contributed by atoms with Gasteiger partial charge in [0.2, 0.25) is 11.8 Å². The van der Waals surface area contributed by atoms with Gasteiger partial charge in [0.1, 0.15) is 0 Å². The molecule has 0 amide bonds.